The van der Waals surface area contributed by atoms with Gasteiger partial charge in [0.05, 0.1) is 5.54 Å². The van der Waals surface area contributed by atoms with Crippen molar-refractivity contribution in [2.24, 2.45) is 16.6 Å². The van der Waals surface area contributed by atoms with Crippen LogP contribution in [0.2, 0.25) is 0 Å². The zero-order valence-electron chi connectivity index (χ0n) is 17.3. The molecule has 0 unspecified atom stereocenters. The van der Waals surface area contributed by atoms with E-state index in [1.807, 2.05) is 18.7 Å². The summed E-state index contributed by atoms with van der Waals surface area (Å²) in [4.78, 5) is 34.3. The van der Waals surface area contributed by atoms with Crippen molar-refractivity contribution in [3.8, 4) is 0 Å². The summed E-state index contributed by atoms with van der Waals surface area (Å²) in [6, 6.07) is 0. The number of nitrogens with two attached hydrogens (primary N) is 1. The highest BCUT2D eigenvalue weighted by atomic mass is 16.2. The van der Waals surface area contributed by atoms with Crippen molar-refractivity contribution in [2.45, 2.75) is 46.1 Å². The topological polar surface area (TPSA) is 94.3 Å². The molecule has 2 aliphatic heterocycles. The van der Waals surface area contributed by atoms with E-state index in [1.165, 1.54) is 0 Å². The number of hydrogen-bond acceptors (Lipinski definition) is 4. The Hall–Kier alpha value is -1.83. The molecular formula is C19H36N6O2. The molecule has 0 aliphatic carbocycles. The van der Waals surface area contributed by atoms with Crippen molar-refractivity contribution < 1.29 is 9.59 Å². The largest absolute Gasteiger partial charge is 0.368 e. The van der Waals surface area contributed by atoms with Crippen LogP contribution < -0.4 is 11.1 Å². The number of guanidine groups is 1. The molecule has 2 aliphatic rings. The molecule has 0 saturated carbocycles. The summed E-state index contributed by atoms with van der Waals surface area (Å²) in [5.41, 5.74) is 4.93. The monoisotopic (exact) mass is 380 g/mol. The Balaban J connectivity index is 1.89. The molecule has 0 radical (unpaired) electrons. The average molecular weight is 381 g/mol. The van der Waals surface area contributed by atoms with E-state index in [-0.39, 0.29) is 11.8 Å². The van der Waals surface area contributed by atoms with Crippen LogP contribution >= 0.6 is 0 Å². The third-order valence-corrected chi connectivity index (χ3v) is 5.87. The zero-order valence-corrected chi connectivity index (χ0v) is 17.3. The molecule has 3 N–H and O–H groups in total. The molecular weight excluding hydrogens is 344 g/mol. The maximum Gasteiger partial charge on any atom is 0.237 e. The molecule has 2 amide bonds. The number of nitrogens with one attached hydrogen (secondary N) is 1. The van der Waals surface area contributed by atoms with Crippen LogP contribution in [0, 0.1) is 5.92 Å². The van der Waals surface area contributed by atoms with Gasteiger partial charge in [-0.3, -0.25) is 19.5 Å². The predicted octanol–water partition coefficient (Wildman–Crippen LogP) is 0.0919. The Morgan fingerprint density at radius 3 is 2.15 bits per heavy atom. The summed E-state index contributed by atoms with van der Waals surface area (Å²) in [5, 5.41) is 3.40. The fraction of sp³-hybridized carbons (Fsp3) is 0.842. The van der Waals surface area contributed by atoms with E-state index in [1.54, 1.807) is 6.92 Å². The standard InChI is InChI=1S/C19H36N6O2/c1-5-21-18(22-14-16-6-8-23(9-7-16)15(2)26)24-10-12-25(13-11-24)19(3,4)17(20)27/h16H,5-14H2,1-4H3,(H2,20,27)(H,21,22). The van der Waals surface area contributed by atoms with Crippen LogP contribution in [0.1, 0.15) is 40.5 Å². The fourth-order valence-corrected chi connectivity index (χ4v) is 3.70. The second-order valence-corrected chi connectivity index (χ2v) is 8.04. The van der Waals surface area contributed by atoms with Crippen molar-refractivity contribution in [3.05, 3.63) is 0 Å². The Kier molecular flexibility index (Phi) is 7.47. The third-order valence-electron chi connectivity index (χ3n) is 5.87. The number of nitrogens with zero attached hydrogens (tertiary/aromatic N) is 4. The normalized spacial score (nSPS) is 20.7. The first-order chi connectivity index (χ1) is 12.8. The molecule has 2 saturated heterocycles. The van der Waals surface area contributed by atoms with Gasteiger partial charge in [-0.15, -0.1) is 0 Å². The minimum atomic E-state index is -0.619. The van der Waals surface area contributed by atoms with Gasteiger partial charge in [0.2, 0.25) is 11.8 Å². The number of carbonyl (C=O) groups is 2. The molecule has 8 heteroatoms. The van der Waals surface area contributed by atoms with E-state index in [4.69, 9.17) is 10.7 Å². The van der Waals surface area contributed by atoms with E-state index >= 15 is 0 Å². The number of primary amides is 1. The van der Waals surface area contributed by atoms with Gasteiger partial charge < -0.3 is 20.9 Å². The summed E-state index contributed by atoms with van der Waals surface area (Å²) in [6.45, 7) is 14.0. The van der Waals surface area contributed by atoms with Gasteiger partial charge in [-0.05, 0) is 39.5 Å². The fourth-order valence-electron chi connectivity index (χ4n) is 3.70. The van der Waals surface area contributed by atoms with Crippen molar-refractivity contribution in [1.82, 2.24) is 20.0 Å². The number of carbonyl (C=O) groups excluding carboxylic acids is 2. The van der Waals surface area contributed by atoms with Crippen LogP contribution in [-0.2, 0) is 9.59 Å². The molecule has 0 aromatic carbocycles. The van der Waals surface area contributed by atoms with E-state index in [2.05, 4.69) is 22.0 Å². The zero-order chi connectivity index (χ0) is 20.0. The number of rotatable bonds is 5. The maximum atomic E-state index is 11.7. The van der Waals surface area contributed by atoms with E-state index < -0.39 is 5.54 Å². The number of piperazine rings is 1. The highest BCUT2D eigenvalue weighted by Gasteiger charge is 2.35. The van der Waals surface area contributed by atoms with Gasteiger partial charge in [-0.1, -0.05) is 0 Å². The van der Waals surface area contributed by atoms with Gasteiger partial charge >= 0.3 is 0 Å². The van der Waals surface area contributed by atoms with E-state index in [0.717, 1.165) is 71.2 Å². The number of aliphatic imine (C=N–C) groups is 1. The molecule has 0 aromatic rings. The van der Waals surface area contributed by atoms with Crippen LogP contribution in [0.4, 0.5) is 0 Å². The van der Waals surface area contributed by atoms with Gasteiger partial charge in [-0.25, -0.2) is 0 Å². The number of hydrogen-bond donors (Lipinski definition) is 2. The van der Waals surface area contributed by atoms with Crippen molar-refractivity contribution in [2.75, 3.05) is 52.4 Å². The van der Waals surface area contributed by atoms with Crippen molar-refractivity contribution in [3.63, 3.8) is 0 Å². The summed E-state index contributed by atoms with van der Waals surface area (Å²) in [5.74, 6) is 1.36. The first-order valence-corrected chi connectivity index (χ1v) is 10.1. The van der Waals surface area contributed by atoms with Gasteiger partial charge in [0.15, 0.2) is 5.96 Å². The quantitative estimate of drug-likeness (QED) is 0.521. The Bertz CT molecular complexity index is 546. The lowest BCUT2D eigenvalue weighted by molar-refractivity contribution is -0.130. The number of likely N-dealkylation sites (tertiary alicyclic amines) is 1. The highest BCUT2D eigenvalue weighted by molar-refractivity contribution is 5.84. The molecule has 8 nitrogen and oxygen atoms in total. The maximum absolute atomic E-state index is 11.7. The molecule has 2 rings (SSSR count). The van der Waals surface area contributed by atoms with Gasteiger partial charge in [0.25, 0.3) is 0 Å². The minimum absolute atomic E-state index is 0.169. The summed E-state index contributed by atoms with van der Waals surface area (Å²) >= 11 is 0. The first-order valence-electron chi connectivity index (χ1n) is 10.1. The van der Waals surface area contributed by atoms with E-state index in [9.17, 15) is 9.59 Å². The highest BCUT2D eigenvalue weighted by Crippen LogP contribution is 2.19. The van der Waals surface area contributed by atoms with Crippen LogP contribution in [0.25, 0.3) is 0 Å². The molecule has 2 fully saturated rings. The molecule has 0 bridgehead atoms. The second kappa shape index (κ2) is 9.39. The lowest BCUT2D eigenvalue weighted by Crippen LogP contribution is -2.61. The lowest BCUT2D eigenvalue weighted by Gasteiger charge is -2.43. The minimum Gasteiger partial charge on any atom is -0.368 e. The molecule has 154 valence electrons. The van der Waals surface area contributed by atoms with Crippen molar-refractivity contribution >= 4 is 17.8 Å². The van der Waals surface area contributed by atoms with Gasteiger partial charge in [-0.2, -0.15) is 0 Å². The predicted molar refractivity (Wildman–Crippen MR) is 107 cm³/mol. The summed E-state index contributed by atoms with van der Waals surface area (Å²) in [6.07, 6.45) is 2.03. The number of amides is 2. The molecule has 27 heavy (non-hydrogen) atoms. The SMILES string of the molecule is CCNC(=NCC1CCN(C(C)=O)CC1)N1CCN(C(C)(C)C(N)=O)CC1. The second-order valence-electron chi connectivity index (χ2n) is 8.04. The van der Waals surface area contributed by atoms with E-state index in [0.29, 0.717) is 5.92 Å². The lowest BCUT2D eigenvalue weighted by atomic mass is 9.97. The Morgan fingerprint density at radius 1 is 1.07 bits per heavy atom. The average Bonchev–Trinajstić information content (AvgIpc) is 2.65. The van der Waals surface area contributed by atoms with Crippen LogP contribution in [0.15, 0.2) is 4.99 Å². The van der Waals surface area contributed by atoms with Crippen LogP contribution in [0.3, 0.4) is 0 Å². The summed E-state index contributed by atoms with van der Waals surface area (Å²) in [7, 11) is 0. The third kappa shape index (κ3) is 5.57. The van der Waals surface area contributed by atoms with Crippen LogP contribution in [0.5, 0.6) is 0 Å². The van der Waals surface area contributed by atoms with Gasteiger partial charge in [0, 0.05) is 59.3 Å². The molecule has 0 spiro atoms. The smallest absolute Gasteiger partial charge is 0.237 e. The number of piperidine rings is 1. The Morgan fingerprint density at radius 2 is 1.67 bits per heavy atom. The van der Waals surface area contributed by atoms with Crippen molar-refractivity contribution in [1.29, 1.82) is 0 Å². The molecule has 0 aromatic heterocycles. The molecule has 0 atom stereocenters. The van der Waals surface area contributed by atoms with Gasteiger partial charge in [0.1, 0.15) is 0 Å². The van der Waals surface area contributed by atoms with Crippen LogP contribution in [-0.4, -0.2) is 90.4 Å². The summed E-state index contributed by atoms with van der Waals surface area (Å²) < 4.78 is 0. The first kappa shape index (κ1) is 21.5. The molecule has 2 heterocycles. The Labute approximate surface area is 163 Å².